The Bertz CT molecular complexity index is 675. The van der Waals surface area contributed by atoms with Crippen molar-refractivity contribution in [2.75, 3.05) is 32.7 Å². The summed E-state index contributed by atoms with van der Waals surface area (Å²) < 4.78 is 5.70. The fourth-order valence-corrected chi connectivity index (χ4v) is 5.01. The second-order valence-corrected chi connectivity index (χ2v) is 8.81. The number of likely N-dealkylation sites (tertiary alicyclic amines) is 2. The van der Waals surface area contributed by atoms with Crippen LogP contribution in [0.4, 0.5) is 4.79 Å². The summed E-state index contributed by atoms with van der Waals surface area (Å²) in [6, 6.07) is 9.33. The summed E-state index contributed by atoms with van der Waals surface area (Å²) in [6.45, 7) is 9.42. The Kier molecular flexibility index (Phi) is 5.62. The van der Waals surface area contributed by atoms with Crippen LogP contribution in [0.5, 0.6) is 0 Å². The average molecular weight is 392 g/mol. The van der Waals surface area contributed by atoms with Crippen molar-refractivity contribution in [1.29, 1.82) is 0 Å². The van der Waals surface area contributed by atoms with Crippen molar-refractivity contribution < 1.29 is 9.53 Å². The first kappa shape index (κ1) is 19.0. The number of nitrogens with zero attached hydrogens (tertiary/aromatic N) is 3. The maximum atomic E-state index is 12.3. The molecule has 2 atom stereocenters. The van der Waals surface area contributed by atoms with Crippen LogP contribution in [-0.2, 0) is 11.2 Å². The Morgan fingerprint density at radius 3 is 2.70 bits per heavy atom. The predicted octanol–water partition coefficient (Wildman–Crippen LogP) is 3.26. The molecular weight excluding hydrogens is 362 g/mol. The van der Waals surface area contributed by atoms with Crippen molar-refractivity contribution >= 4 is 17.7 Å². The maximum absolute atomic E-state index is 12.3. The maximum Gasteiger partial charge on any atom is 0.410 e. The smallest absolute Gasteiger partial charge is 0.410 e. The first-order valence-corrected chi connectivity index (χ1v) is 10.6. The Morgan fingerprint density at radius 2 is 2.00 bits per heavy atom. The van der Waals surface area contributed by atoms with Crippen LogP contribution in [0.2, 0.25) is 5.02 Å². The number of amides is 1. The van der Waals surface area contributed by atoms with E-state index in [9.17, 15) is 4.79 Å². The van der Waals surface area contributed by atoms with E-state index in [1.165, 1.54) is 25.9 Å². The summed E-state index contributed by atoms with van der Waals surface area (Å²) in [5.74, 6) is 0. The molecule has 0 radical (unpaired) electrons. The highest BCUT2D eigenvalue weighted by molar-refractivity contribution is 6.30. The molecule has 3 saturated heterocycles. The highest BCUT2D eigenvalue weighted by Gasteiger charge is 2.48. The number of hydrogen-bond acceptors (Lipinski definition) is 4. The number of benzene rings is 1. The minimum absolute atomic E-state index is 0.0278. The lowest BCUT2D eigenvalue weighted by Gasteiger charge is -2.38. The van der Waals surface area contributed by atoms with Gasteiger partial charge in [-0.25, -0.2) is 4.79 Å². The molecular formula is C21H30ClN3O2. The zero-order valence-corrected chi connectivity index (χ0v) is 17.1. The van der Waals surface area contributed by atoms with Crippen LogP contribution in [0.25, 0.3) is 0 Å². The monoisotopic (exact) mass is 391 g/mol. The Morgan fingerprint density at radius 1 is 1.22 bits per heavy atom. The van der Waals surface area contributed by atoms with Crippen molar-refractivity contribution in [2.45, 2.75) is 57.3 Å². The van der Waals surface area contributed by atoms with Gasteiger partial charge in [-0.15, -0.1) is 0 Å². The van der Waals surface area contributed by atoms with E-state index in [1.807, 2.05) is 23.1 Å². The minimum Gasteiger partial charge on any atom is -0.442 e. The number of rotatable bonds is 5. The minimum atomic E-state index is -0.152. The normalized spacial score (nSPS) is 27.4. The molecule has 6 heteroatoms. The molecule has 5 nitrogen and oxygen atoms in total. The quantitative estimate of drug-likeness (QED) is 0.771. The number of piperidine rings is 1. The number of hydrogen-bond donors (Lipinski definition) is 0. The fraction of sp³-hybridized carbons (Fsp3) is 0.667. The van der Waals surface area contributed by atoms with Crippen LogP contribution in [-0.4, -0.2) is 77.7 Å². The van der Waals surface area contributed by atoms with Gasteiger partial charge in [0.1, 0.15) is 6.10 Å². The van der Waals surface area contributed by atoms with Crippen LogP contribution in [0.3, 0.4) is 0 Å². The molecule has 1 aromatic carbocycles. The molecule has 0 spiro atoms. The van der Waals surface area contributed by atoms with Gasteiger partial charge < -0.3 is 9.64 Å². The summed E-state index contributed by atoms with van der Waals surface area (Å²) in [5, 5.41) is 0.745. The molecule has 0 aliphatic carbocycles. The zero-order chi connectivity index (χ0) is 19.0. The van der Waals surface area contributed by atoms with Gasteiger partial charge in [-0.05, 0) is 63.9 Å². The van der Waals surface area contributed by atoms with Gasteiger partial charge in [-0.2, -0.15) is 0 Å². The van der Waals surface area contributed by atoms with Crippen molar-refractivity contribution in [3.8, 4) is 0 Å². The molecule has 3 aliphatic heterocycles. The van der Waals surface area contributed by atoms with E-state index in [-0.39, 0.29) is 18.2 Å². The third kappa shape index (κ3) is 4.10. The van der Waals surface area contributed by atoms with E-state index in [0.29, 0.717) is 18.6 Å². The lowest BCUT2D eigenvalue weighted by atomic mass is 10.0. The number of halogens is 1. The first-order valence-electron chi connectivity index (χ1n) is 10.2. The van der Waals surface area contributed by atoms with Crippen LogP contribution < -0.4 is 0 Å². The first-order chi connectivity index (χ1) is 13.0. The van der Waals surface area contributed by atoms with Crippen molar-refractivity contribution in [1.82, 2.24) is 14.7 Å². The van der Waals surface area contributed by atoms with E-state index in [1.54, 1.807) is 0 Å². The van der Waals surface area contributed by atoms with E-state index in [4.69, 9.17) is 16.3 Å². The van der Waals surface area contributed by atoms with Gasteiger partial charge in [0.05, 0.1) is 6.04 Å². The Balaban J connectivity index is 1.33. The molecule has 0 aromatic heterocycles. The molecule has 4 rings (SSSR count). The lowest BCUT2D eigenvalue weighted by molar-refractivity contribution is 0.0802. The molecule has 0 unspecified atom stereocenters. The Hall–Kier alpha value is -1.30. The zero-order valence-electron chi connectivity index (χ0n) is 16.3. The molecule has 3 aliphatic rings. The molecule has 3 fully saturated rings. The molecule has 148 valence electrons. The van der Waals surface area contributed by atoms with E-state index in [0.717, 1.165) is 30.1 Å². The largest absolute Gasteiger partial charge is 0.442 e. The van der Waals surface area contributed by atoms with Crippen LogP contribution in [0.15, 0.2) is 24.3 Å². The molecule has 0 saturated carbocycles. The summed E-state index contributed by atoms with van der Waals surface area (Å²) in [4.78, 5) is 19.4. The van der Waals surface area contributed by atoms with Gasteiger partial charge in [0.25, 0.3) is 0 Å². The van der Waals surface area contributed by atoms with E-state index >= 15 is 0 Å². The fourth-order valence-electron chi connectivity index (χ4n) is 4.80. The molecule has 0 N–H and O–H groups in total. The summed E-state index contributed by atoms with van der Waals surface area (Å²) in [5.41, 5.74) is 1.16. The van der Waals surface area contributed by atoms with E-state index in [2.05, 4.69) is 29.7 Å². The topological polar surface area (TPSA) is 36.0 Å². The second kappa shape index (κ2) is 7.98. The molecule has 0 bridgehead atoms. The third-order valence-electron chi connectivity index (χ3n) is 6.43. The van der Waals surface area contributed by atoms with Gasteiger partial charge in [-0.1, -0.05) is 23.7 Å². The highest BCUT2D eigenvalue weighted by atomic mass is 35.5. The van der Waals surface area contributed by atoms with Gasteiger partial charge >= 0.3 is 6.09 Å². The summed E-state index contributed by atoms with van der Waals surface area (Å²) in [7, 11) is 0. The molecule has 3 heterocycles. The van der Waals surface area contributed by atoms with Crippen LogP contribution >= 0.6 is 11.6 Å². The van der Waals surface area contributed by atoms with Gasteiger partial charge in [0.15, 0.2) is 0 Å². The number of ether oxygens (including phenoxy) is 1. The average Bonchev–Trinajstić information content (AvgIpc) is 3.17. The van der Waals surface area contributed by atoms with Crippen LogP contribution in [0, 0.1) is 0 Å². The lowest BCUT2D eigenvalue weighted by Crippen LogP contribution is -2.47. The number of fused-ring (bicyclic) bond motifs is 1. The molecule has 27 heavy (non-hydrogen) atoms. The van der Waals surface area contributed by atoms with Crippen LogP contribution in [0.1, 0.15) is 32.3 Å². The van der Waals surface area contributed by atoms with Gasteiger partial charge in [-0.3, -0.25) is 9.80 Å². The molecule has 1 amide bonds. The number of carbonyl (C=O) groups excluding carboxylic acids is 1. The summed E-state index contributed by atoms with van der Waals surface area (Å²) in [6.07, 6.45) is 3.12. The SMILES string of the molecule is CC(C)N1CCC(N2C[C@H]3OC(=O)N(CCc4cccc(Cl)c4)[C@H]3C2)CC1. The number of carbonyl (C=O) groups is 1. The predicted molar refractivity (Wildman–Crippen MR) is 107 cm³/mol. The van der Waals surface area contributed by atoms with Crippen molar-refractivity contribution in [3.63, 3.8) is 0 Å². The van der Waals surface area contributed by atoms with Gasteiger partial charge in [0.2, 0.25) is 0 Å². The third-order valence-corrected chi connectivity index (χ3v) is 6.66. The Labute approximate surface area is 167 Å². The second-order valence-electron chi connectivity index (χ2n) is 8.38. The highest BCUT2D eigenvalue weighted by Crippen LogP contribution is 2.31. The van der Waals surface area contributed by atoms with E-state index < -0.39 is 0 Å². The van der Waals surface area contributed by atoms with Crippen molar-refractivity contribution in [3.05, 3.63) is 34.9 Å². The van der Waals surface area contributed by atoms with Gasteiger partial charge in [0, 0.05) is 36.7 Å². The standard InChI is InChI=1S/C21H30ClN3O2/c1-15(2)23-9-7-18(8-10-23)24-13-19-20(14-24)27-21(26)25(19)11-6-16-4-3-5-17(22)12-16/h3-5,12,15,18-20H,6-11,13-14H2,1-2H3/t19-,20+/m0/s1. The van der Waals surface area contributed by atoms with Crippen molar-refractivity contribution in [2.24, 2.45) is 0 Å². The molecule has 1 aromatic rings. The summed E-state index contributed by atoms with van der Waals surface area (Å²) >= 11 is 6.08.